The third kappa shape index (κ3) is 2.84. The molecule has 1 aromatic carbocycles. The summed E-state index contributed by atoms with van der Waals surface area (Å²) in [5, 5.41) is 6.94. The summed E-state index contributed by atoms with van der Waals surface area (Å²) < 4.78 is 35.9. The first-order valence-electron chi connectivity index (χ1n) is 6.94. The van der Waals surface area contributed by atoms with Crippen LogP contribution in [-0.2, 0) is 11.8 Å². The van der Waals surface area contributed by atoms with Crippen molar-refractivity contribution in [2.75, 3.05) is 12.4 Å². The smallest absolute Gasteiger partial charge is 0.387 e. The number of halogens is 2. The van der Waals surface area contributed by atoms with Crippen LogP contribution in [0, 0.1) is 0 Å². The molecular weight excluding hydrogens is 308 g/mol. The number of hydrogen-bond acceptors (Lipinski definition) is 4. The molecule has 122 valence electrons. The highest BCUT2D eigenvalue weighted by atomic mass is 19.3. The number of carbonyl (C=O) groups excluding carboxylic acids is 1. The zero-order valence-electron chi connectivity index (χ0n) is 12.5. The summed E-state index contributed by atoms with van der Waals surface area (Å²) in [4.78, 5) is 11.9. The molecule has 0 saturated heterocycles. The zero-order valence-corrected chi connectivity index (χ0v) is 12.5. The molecule has 0 saturated carbocycles. The van der Waals surface area contributed by atoms with E-state index in [-0.39, 0.29) is 29.7 Å². The van der Waals surface area contributed by atoms with Crippen molar-refractivity contribution in [1.82, 2.24) is 9.78 Å². The van der Waals surface area contributed by atoms with Crippen LogP contribution in [0.2, 0.25) is 0 Å². The van der Waals surface area contributed by atoms with E-state index in [4.69, 9.17) is 4.74 Å². The van der Waals surface area contributed by atoms with Gasteiger partial charge >= 0.3 is 6.61 Å². The number of aromatic nitrogens is 2. The van der Waals surface area contributed by atoms with Crippen molar-refractivity contribution in [3.05, 3.63) is 35.5 Å². The van der Waals surface area contributed by atoms with Crippen molar-refractivity contribution in [1.29, 1.82) is 0 Å². The fourth-order valence-electron chi connectivity index (χ4n) is 2.73. The fourth-order valence-corrected chi connectivity index (χ4v) is 2.73. The monoisotopic (exact) mass is 323 g/mol. The van der Waals surface area contributed by atoms with Crippen molar-refractivity contribution < 1.29 is 23.0 Å². The summed E-state index contributed by atoms with van der Waals surface area (Å²) in [5.41, 5.74) is 1.64. The van der Waals surface area contributed by atoms with E-state index in [1.807, 2.05) is 0 Å². The van der Waals surface area contributed by atoms with Crippen LogP contribution in [0.5, 0.6) is 11.5 Å². The standard InChI is InChI=1S/C15H15F2N3O3/c1-20-14-10(7-18-20)9(6-13(21)19-14)8-3-4-11(23-15(16)17)12(5-8)22-2/h3-5,7,9,15H,6H2,1-2H3,(H,19,21)/t9-/m1/s1. The molecule has 6 nitrogen and oxygen atoms in total. The second-order valence-corrected chi connectivity index (χ2v) is 5.17. The molecule has 2 aromatic rings. The van der Waals surface area contributed by atoms with Crippen LogP contribution < -0.4 is 14.8 Å². The van der Waals surface area contributed by atoms with E-state index in [9.17, 15) is 13.6 Å². The molecule has 23 heavy (non-hydrogen) atoms. The number of methoxy groups -OCH3 is 1. The predicted molar refractivity (Wildman–Crippen MR) is 77.9 cm³/mol. The highest BCUT2D eigenvalue weighted by molar-refractivity contribution is 5.94. The van der Waals surface area contributed by atoms with E-state index in [1.165, 1.54) is 13.2 Å². The first-order chi connectivity index (χ1) is 11.0. The van der Waals surface area contributed by atoms with Crippen LogP contribution in [0.4, 0.5) is 14.6 Å². The number of nitrogens with one attached hydrogen (secondary N) is 1. The van der Waals surface area contributed by atoms with Crippen LogP contribution in [0.15, 0.2) is 24.4 Å². The van der Waals surface area contributed by atoms with Gasteiger partial charge in [0.25, 0.3) is 0 Å². The molecule has 0 bridgehead atoms. The van der Waals surface area contributed by atoms with Gasteiger partial charge in [-0.25, -0.2) is 0 Å². The highest BCUT2D eigenvalue weighted by Crippen LogP contribution is 2.40. The van der Waals surface area contributed by atoms with E-state index < -0.39 is 6.61 Å². The minimum absolute atomic E-state index is 0.0436. The SMILES string of the molecule is COc1cc([C@H]2CC(=O)Nc3c2cnn3C)ccc1OC(F)F. The Morgan fingerprint density at radius 3 is 2.87 bits per heavy atom. The summed E-state index contributed by atoms with van der Waals surface area (Å²) in [5.74, 6) is 0.440. The second kappa shape index (κ2) is 5.86. The molecule has 0 radical (unpaired) electrons. The quantitative estimate of drug-likeness (QED) is 0.939. The molecule has 2 heterocycles. The molecular formula is C15H15F2N3O3. The number of rotatable bonds is 4. The topological polar surface area (TPSA) is 65.4 Å². The minimum Gasteiger partial charge on any atom is -0.493 e. The van der Waals surface area contributed by atoms with Gasteiger partial charge in [0, 0.05) is 24.9 Å². The molecule has 1 atom stereocenters. The molecule has 8 heteroatoms. The van der Waals surface area contributed by atoms with Crippen LogP contribution in [0.1, 0.15) is 23.5 Å². The van der Waals surface area contributed by atoms with E-state index in [0.29, 0.717) is 5.82 Å². The third-order valence-electron chi connectivity index (χ3n) is 3.80. The van der Waals surface area contributed by atoms with Gasteiger partial charge in [0.05, 0.1) is 13.3 Å². The van der Waals surface area contributed by atoms with Gasteiger partial charge < -0.3 is 14.8 Å². The molecule has 3 rings (SSSR count). The number of fused-ring (bicyclic) bond motifs is 1. The summed E-state index contributed by atoms with van der Waals surface area (Å²) in [6.07, 6.45) is 1.94. The van der Waals surface area contributed by atoms with Crippen molar-refractivity contribution in [3.8, 4) is 11.5 Å². The van der Waals surface area contributed by atoms with Crippen LogP contribution in [0.3, 0.4) is 0 Å². The Bertz CT molecular complexity index is 746. The second-order valence-electron chi connectivity index (χ2n) is 5.17. The maximum Gasteiger partial charge on any atom is 0.387 e. The number of amides is 1. The Morgan fingerprint density at radius 2 is 2.17 bits per heavy atom. The molecule has 1 aromatic heterocycles. The van der Waals surface area contributed by atoms with Gasteiger partial charge in [-0.3, -0.25) is 9.48 Å². The maximum atomic E-state index is 12.4. The van der Waals surface area contributed by atoms with E-state index in [0.717, 1.165) is 11.1 Å². The van der Waals surface area contributed by atoms with Crippen LogP contribution in [-0.4, -0.2) is 29.4 Å². The number of ether oxygens (including phenoxy) is 2. The lowest BCUT2D eigenvalue weighted by atomic mass is 9.87. The molecule has 1 amide bonds. The number of alkyl halides is 2. The van der Waals surface area contributed by atoms with Gasteiger partial charge in [0.15, 0.2) is 11.5 Å². The lowest BCUT2D eigenvalue weighted by molar-refractivity contribution is -0.116. The molecule has 0 fully saturated rings. The summed E-state index contributed by atoms with van der Waals surface area (Å²) in [6.45, 7) is -2.93. The Labute approximate surface area is 131 Å². The zero-order chi connectivity index (χ0) is 16.6. The van der Waals surface area contributed by atoms with E-state index >= 15 is 0 Å². The van der Waals surface area contributed by atoms with Gasteiger partial charge in [-0.1, -0.05) is 6.07 Å². The Hall–Kier alpha value is -2.64. The normalized spacial score (nSPS) is 16.9. The summed E-state index contributed by atoms with van der Waals surface area (Å²) >= 11 is 0. The maximum absolute atomic E-state index is 12.4. The molecule has 1 aliphatic rings. The predicted octanol–water partition coefficient (Wildman–Crippen LogP) is 2.50. The number of anilines is 1. The van der Waals surface area contributed by atoms with Crippen LogP contribution in [0.25, 0.3) is 0 Å². The molecule has 0 unspecified atom stereocenters. The number of aryl methyl sites for hydroxylation is 1. The van der Waals surface area contributed by atoms with Crippen molar-refractivity contribution in [2.24, 2.45) is 7.05 Å². The number of carbonyl (C=O) groups is 1. The third-order valence-corrected chi connectivity index (χ3v) is 3.80. The van der Waals surface area contributed by atoms with E-state index in [2.05, 4.69) is 15.2 Å². The average Bonchev–Trinajstić information content (AvgIpc) is 2.88. The first-order valence-corrected chi connectivity index (χ1v) is 6.94. The number of benzene rings is 1. The van der Waals surface area contributed by atoms with Crippen molar-refractivity contribution >= 4 is 11.7 Å². The summed E-state index contributed by atoms with van der Waals surface area (Å²) in [6, 6.07) is 4.68. The highest BCUT2D eigenvalue weighted by Gasteiger charge is 2.30. The first kappa shape index (κ1) is 15.3. The molecule has 0 spiro atoms. The van der Waals surface area contributed by atoms with Gasteiger partial charge in [0.1, 0.15) is 5.82 Å². The largest absolute Gasteiger partial charge is 0.493 e. The Kier molecular flexibility index (Phi) is 3.89. The Balaban J connectivity index is 2.00. The molecule has 1 N–H and O–H groups in total. The lowest BCUT2D eigenvalue weighted by Gasteiger charge is -2.24. The van der Waals surface area contributed by atoms with Crippen LogP contribution >= 0.6 is 0 Å². The van der Waals surface area contributed by atoms with Gasteiger partial charge in [0.2, 0.25) is 5.91 Å². The average molecular weight is 323 g/mol. The molecule has 1 aliphatic heterocycles. The number of hydrogen-bond donors (Lipinski definition) is 1. The lowest BCUT2D eigenvalue weighted by Crippen LogP contribution is -2.24. The fraction of sp³-hybridized carbons (Fsp3) is 0.333. The minimum atomic E-state index is -2.93. The Morgan fingerprint density at radius 1 is 1.39 bits per heavy atom. The van der Waals surface area contributed by atoms with Crippen molar-refractivity contribution in [3.63, 3.8) is 0 Å². The van der Waals surface area contributed by atoms with E-state index in [1.54, 1.807) is 30.1 Å². The van der Waals surface area contributed by atoms with Gasteiger partial charge in [-0.2, -0.15) is 13.9 Å². The molecule has 0 aliphatic carbocycles. The van der Waals surface area contributed by atoms with Gasteiger partial charge in [-0.05, 0) is 17.7 Å². The number of nitrogens with zero attached hydrogens (tertiary/aromatic N) is 2. The van der Waals surface area contributed by atoms with Gasteiger partial charge in [-0.15, -0.1) is 0 Å². The van der Waals surface area contributed by atoms with Crippen molar-refractivity contribution in [2.45, 2.75) is 19.0 Å². The summed E-state index contributed by atoms with van der Waals surface area (Å²) in [7, 11) is 3.11.